The lowest BCUT2D eigenvalue weighted by Gasteiger charge is -1.97. The molecule has 0 atom stereocenters. The van der Waals surface area contributed by atoms with Gasteiger partial charge in [0.05, 0.1) is 10.9 Å². The fraction of sp³-hybridized carbons (Fsp3) is 0. The van der Waals surface area contributed by atoms with Gasteiger partial charge in [0, 0.05) is 6.20 Å². The highest BCUT2D eigenvalue weighted by atomic mass is 15.3. The van der Waals surface area contributed by atoms with Crippen LogP contribution in [0.25, 0.3) is 27.7 Å². The molecule has 4 rings (SSSR count). The summed E-state index contributed by atoms with van der Waals surface area (Å²) < 4.78 is 1.79. The van der Waals surface area contributed by atoms with E-state index in [4.69, 9.17) is 0 Å². The molecule has 4 aromatic rings. The number of aromatic nitrogens is 5. The van der Waals surface area contributed by atoms with Crippen LogP contribution in [0.5, 0.6) is 0 Å². The summed E-state index contributed by atoms with van der Waals surface area (Å²) in [4.78, 5) is 4.23. The van der Waals surface area contributed by atoms with Gasteiger partial charge < -0.3 is 0 Å². The van der Waals surface area contributed by atoms with Gasteiger partial charge in [0.2, 0.25) is 0 Å². The maximum atomic E-state index is 4.45. The van der Waals surface area contributed by atoms with Crippen LogP contribution in [0.1, 0.15) is 0 Å². The second kappa shape index (κ2) is 2.98. The largest absolute Gasteiger partial charge is 0.235 e. The van der Waals surface area contributed by atoms with Gasteiger partial charge in [-0.15, -0.1) is 15.3 Å². The van der Waals surface area contributed by atoms with E-state index in [2.05, 4.69) is 20.3 Å². The first-order valence-electron chi connectivity index (χ1n) is 5.28. The van der Waals surface area contributed by atoms with Crippen LogP contribution in [0.15, 0.2) is 42.6 Å². The van der Waals surface area contributed by atoms with Crippen LogP contribution in [0.2, 0.25) is 0 Å². The van der Waals surface area contributed by atoms with Crippen molar-refractivity contribution in [3.05, 3.63) is 42.6 Å². The highest BCUT2D eigenvalue weighted by Gasteiger charge is 2.09. The Morgan fingerprint density at radius 1 is 0.941 bits per heavy atom. The fourth-order valence-corrected chi connectivity index (χ4v) is 2.00. The average molecular weight is 221 g/mol. The van der Waals surface area contributed by atoms with E-state index in [-0.39, 0.29) is 0 Å². The van der Waals surface area contributed by atoms with Crippen LogP contribution in [-0.2, 0) is 0 Å². The van der Waals surface area contributed by atoms with Crippen molar-refractivity contribution < 1.29 is 0 Å². The first kappa shape index (κ1) is 8.58. The van der Waals surface area contributed by atoms with Crippen LogP contribution in [-0.4, -0.2) is 24.8 Å². The lowest BCUT2D eigenvalue weighted by atomic mass is 10.3. The molecule has 0 aliphatic heterocycles. The molecule has 0 radical (unpaired) electrons. The molecule has 3 aromatic heterocycles. The van der Waals surface area contributed by atoms with Gasteiger partial charge >= 0.3 is 0 Å². The molecular weight excluding hydrogens is 214 g/mol. The van der Waals surface area contributed by atoms with Gasteiger partial charge in [-0.3, -0.25) is 0 Å². The van der Waals surface area contributed by atoms with Crippen LogP contribution < -0.4 is 0 Å². The molecule has 0 saturated heterocycles. The molecule has 0 unspecified atom stereocenters. The number of hydrogen-bond donors (Lipinski definition) is 0. The van der Waals surface area contributed by atoms with E-state index < -0.39 is 0 Å². The van der Waals surface area contributed by atoms with Crippen molar-refractivity contribution in [3.8, 4) is 0 Å². The first-order chi connectivity index (χ1) is 8.43. The van der Waals surface area contributed by atoms with Crippen LogP contribution in [0.3, 0.4) is 0 Å². The number of pyridine rings is 1. The number of rotatable bonds is 0. The predicted octanol–water partition coefficient (Wildman–Crippen LogP) is 1.83. The third-order valence-electron chi connectivity index (χ3n) is 2.79. The molecule has 0 spiro atoms. The number of benzene rings is 1. The molecule has 5 heteroatoms. The van der Waals surface area contributed by atoms with Crippen molar-refractivity contribution in [3.63, 3.8) is 0 Å². The SMILES string of the molecule is c1ccc2c(c1)nnc1c3cccnc3nn21. The highest BCUT2D eigenvalue weighted by Crippen LogP contribution is 2.18. The van der Waals surface area contributed by atoms with E-state index in [1.165, 1.54) is 0 Å². The van der Waals surface area contributed by atoms with Crippen molar-refractivity contribution in [2.45, 2.75) is 0 Å². The zero-order chi connectivity index (χ0) is 11.2. The summed E-state index contributed by atoms with van der Waals surface area (Å²) in [5, 5.41) is 13.8. The van der Waals surface area contributed by atoms with Gasteiger partial charge in [0.25, 0.3) is 0 Å². The Morgan fingerprint density at radius 2 is 1.88 bits per heavy atom. The second-order valence-corrected chi connectivity index (χ2v) is 3.80. The van der Waals surface area contributed by atoms with Gasteiger partial charge in [0.1, 0.15) is 5.52 Å². The quantitative estimate of drug-likeness (QED) is 0.454. The second-order valence-electron chi connectivity index (χ2n) is 3.80. The fourth-order valence-electron chi connectivity index (χ4n) is 2.00. The molecule has 0 aliphatic carbocycles. The number of nitrogens with zero attached hydrogens (tertiary/aromatic N) is 5. The van der Waals surface area contributed by atoms with Gasteiger partial charge in [-0.05, 0) is 24.3 Å². The van der Waals surface area contributed by atoms with Crippen molar-refractivity contribution in [2.75, 3.05) is 0 Å². The molecule has 0 saturated carbocycles. The Labute approximate surface area is 95.7 Å². The minimum Gasteiger partial charge on any atom is -0.235 e. The van der Waals surface area contributed by atoms with E-state index >= 15 is 0 Å². The molecule has 3 heterocycles. The summed E-state index contributed by atoms with van der Waals surface area (Å²) in [6.07, 6.45) is 1.73. The summed E-state index contributed by atoms with van der Waals surface area (Å²) in [5.74, 6) is 0. The number of para-hydroxylation sites is 1. The summed E-state index contributed by atoms with van der Waals surface area (Å²) in [6.45, 7) is 0. The zero-order valence-electron chi connectivity index (χ0n) is 8.78. The molecule has 1 aromatic carbocycles. The van der Waals surface area contributed by atoms with Crippen molar-refractivity contribution in [1.82, 2.24) is 24.8 Å². The summed E-state index contributed by atoms with van der Waals surface area (Å²) >= 11 is 0. The third-order valence-corrected chi connectivity index (χ3v) is 2.79. The normalized spacial score (nSPS) is 11.5. The highest BCUT2D eigenvalue weighted by molar-refractivity contribution is 5.92. The molecule has 0 fully saturated rings. The standard InChI is InChI=1S/C12H7N5/c1-2-6-10-9(5-1)14-15-12-8-4-3-7-13-11(8)16-17(10)12/h1-7H. The van der Waals surface area contributed by atoms with Crippen LogP contribution >= 0.6 is 0 Å². The number of fused-ring (bicyclic) bond motifs is 5. The lowest BCUT2D eigenvalue weighted by Crippen LogP contribution is -1.95. The Hall–Kier alpha value is -2.56. The zero-order valence-corrected chi connectivity index (χ0v) is 8.78. The average Bonchev–Trinajstić information content (AvgIpc) is 2.78. The van der Waals surface area contributed by atoms with Crippen LogP contribution in [0.4, 0.5) is 0 Å². The Morgan fingerprint density at radius 3 is 2.88 bits per heavy atom. The van der Waals surface area contributed by atoms with E-state index in [9.17, 15) is 0 Å². The third kappa shape index (κ3) is 1.08. The molecule has 0 aliphatic rings. The van der Waals surface area contributed by atoms with Gasteiger partial charge in [-0.1, -0.05) is 12.1 Å². The van der Waals surface area contributed by atoms with Gasteiger partial charge in [0.15, 0.2) is 11.3 Å². The van der Waals surface area contributed by atoms with E-state index in [0.717, 1.165) is 22.1 Å². The van der Waals surface area contributed by atoms with Crippen molar-refractivity contribution >= 4 is 27.7 Å². The summed E-state index contributed by atoms with van der Waals surface area (Å²) in [7, 11) is 0. The lowest BCUT2D eigenvalue weighted by molar-refractivity contribution is 0.950. The molecule has 80 valence electrons. The molecule has 0 N–H and O–H groups in total. The first-order valence-corrected chi connectivity index (χ1v) is 5.28. The smallest absolute Gasteiger partial charge is 0.187 e. The maximum absolute atomic E-state index is 4.45. The molecule has 5 nitrogen and oxygen atoms in total. The maximum Gasteiger partial charge on any atom is 0.187 e. The van der Waals surface area contributed by atoms with Gasteiger partial charge in [-0.25, -0.2) is 9.50 Å². The molecular formula is C12H7N5. The Balaban J connectivity index is 2.34. The molecule has 0 bridgehead atoms. The topological polar surface area (TPSA) is 56.0 Å². The van der Waals surface area contributed by atoms with E-state index in [1.54, 1.807) is 10.7 Å². The van der Waals surface area contributed by atoms with Crippen molar-refractivity contribution in [1.29, 1.82) is 0 Å². The molecule has 0 amide bonds. The van der Waals surface area contributed by atoms with Gasteiger partial charge in [-0.2, -0.15) is 0 Å². The molecule has 17 heavy (non-hydrogen) atoms. The summed E-state index contributed by atoms with van der Waals surface area (Å²) in [5.41, 5.74) is 3.20. The van der Waals surface area contributed by atoms with E-state index in [1.807, 2.05) is 36.4 Å². The van der Waals surface area contributed by atoms with Crippen molar-refractivity contribution in [2.24, 2.45) is 0 Å². The minimum absolute atomic E-state index is 0.693. The predicted molar refractivity (Wildman–Crippen MR) is 63.6 cm³/mol. The summed E-state index contributed by atoms with van der Waals surface area (Å²) in [6, 6.07) is 11.6. The van der Waals surface area contributed by atoms with Crippen LogP contribution in [0, 0.1) is 0 Å². The van der Waals surface area contributed by atoms with E-state index in [0.29, 0.717) is 5.65 Å². The Bertz CT molecular complexity index is 849. The Kier molecular flexibility index (Phi) is 1.50. The monoisotopic (exact) mass is 221 g/mol. The minimum atomic E-state index is 0.693. The number of hydrogen-bond acceptors (Lipinski definition) is 4.